The Labute approximate surface area is 80.8 Å². The fourth-order valence-electron chi connectivity index (χ4n) is 0.636. The smallest absolute Gasteiger partial charge is 0.183 e. The molecule has 1 atom stereocenters. The normalized spacial score (nSPS) is 13.5. The fraction of sp³-hybridized carbons (Fsp3) is 0.333. The summed E-state index contributed by atoms with van der Waals surface area (Å²) in [6.07, 6.45) is 0. The number of halogens is 2. The maximum Gasteiger partial charge on any atom is 0.183 e. The zero-order chi connectivity index (χ0) is 8.43. The Morgan fingerprint density at radius 1 is 1.64 bits per heavy atom. The van der Waals surface area contributed by atoms with Gasteiger partial charge in [-0.2, -0.15) is 0 Å². The van der Waals surface area contributed by atoms with Crippen LogP contribution in [0.1, 0.15) is 11.8 Å². The van der Waals surface area contributed by atoms with Gasteiger partial charge < -0.3 is 15.3 Å². The Morgan fingerprint density at radius 3 is 2.64 bits per heavy atom. The standard InChI is InChI=1S/C6H7Br2NO2/c7-3-1-5(4(9)2-10)11-6(3)8/h1,4,10H,2,9H2/t4-/m1/s1. The van der Waals surface area contributed by atoms with Gasteiger partial charge in [0.2, 0.25) is 0 Å². The first-order chi connectivity index (χ1) is 5.15. The van der Waals surface area contributed by atoms with E-state index in [1.54, 1.807) is 6.07 Å². The molecule has 1 aromatic heterocycles. The Hall–Kier alpha value is 0.160. The monoisotopic (exact) mass is 283 g/mol. The van der Waals surface area contributed by atoms with Gasteiger partial charge >= 0.3 is 0 Å². The predicted molar refractivity (Wildman–Crippen MR) is 48.1 cm³/mol. The van der Waals surface area contributed by atoms with Crippen molar-refractivity contribution in [2.45, 2.75) is 6.04 Å². The van der Waals surface area contributed by atoms with Crippen LogP contribution in [0.4, 0.5) is 0 Å². The van der Waals surface area contributed by atoms with Crippen LogP contribution < -0.4 is 5.73 Å². The third kappa shape index (κ3) is 2.05. The average Bonchev–Trinajstić information content (AvgIpc) is 2.31. The summed E-state index contributed by atoms with van der Waals surface area (Å²) in [4.78, 5) is 0. The Kier molecular flexibility index (Phi) is 3.12. The van der Waals surface area contributed by atoms with Crippen LogP contribution in [0.2, 0.25) is 0 Å². The predicted octanol–water partition coefficient (Wildman–Crippen LogP) is 1.80. The van der Waals surface area contributed by atoms with E-state index >= 15 is 0 Å². The lowest BCUT2D eigenvalue weighted by atomic mass is 10.2. The summed E-state index contributed by atoms with van der Waals surface area (Å²) >= 11 is 6.40. The van der Waals surface area contributed by atoms with Crippen LogP contribution in [-0.2, 0) is 0 Å². The van der Waals surface area contributed by atoms with Gasteiger partial charge in [0.15, 0.2) is 4.67 Å². The number of aliphatic hydroxyl groups excluding tert-OH is 1. The lowest BCUT2D eigenvalue weighted by Crippen LogP contribution is -2.13. The topological polar surface area (TPSA) is 59.4 Å². The van der Waals surface area contributed by atoms with E-state index in [-0.39, 0.29) is 6.61 Å². The second-order valence-corrected chi connectivity index (χ2v) is 3.63. The highest BCUT2D eigenvalue weighted by Crippen LogP contribution is 2.28. The third-order valence-electron chi connectivity index (χ3n) is 1.23. The summed E-state index contributed by atoms with van der Waals surface area (Å²) in [6.45, 7) is -0.119. The highest BCUT2D eigenvalue weighted by molar-refractivity contribution is 9.13. The molecule has 0 aromatic carbocycles. The van der Waals surface area contributed by atoms with E-state index in [9.17, 15) is 0 Å². The molecule has 0 bridgehead atoms. The molecule has 1 aromatic rings. The minimum atomic E-state index is -0.447. The first-order valence-electron chi connectivity index (χ1n) is 2.96. The van der Waals surface area contributed by atoms with Crippen LogP contribution in [0.5, 0.6) is 0 Å². The molecule has 0 amide bonds. The first-order valence-corrected chi connectivity index (χ1v) is 4.55. The minimum Gasteiger partial charge on any atom is -0.451 e. The van der Waals surface area contributed by atoms with Gasteiger partial charge in [-0.15, -0.1) is 0 Å². The molecule has 1 rings (SSSR count). The summed E-state index contributed by atoms with van der Waals surface area (Å²) in [5, 5.41) is 8.67. The van der Waals surface area contributed by atoms with Crippen molar-refractivity contribution >= 4 is 31.9 Å². The summed E-state index contributed by atoms with van der Waals surface area (Å²) in [5.74, 6) is 0.561. The zero-order valence-corrected chi connectivity index (χ0v) is 8.72. The molecule has 0 aliphatic rings. The molecule has 0 saturated carbocycles. The van der Waals surface area contributed by atoms with E-state index < -0.39 is 6.04 Å². The van der Waals surface area contributed by atoms with Crippen molar-refractivity contribution < 1.29 is 9.52 Å². The molecule has 0 aliphatic carbocycles. The molecule has 11 heavy (non-hydrogen) atoms. The van der Waals surface area contributed by atoms with E-state index in [1.165, 1.54) is 0 Å². The largest absolute Gasteiger partial charge is 0.451 e. The van der Waals surface area contributed by atoms with Crippen LogP contribution in [0.25, 0.3) is 0 Å². The number of nitrogens with two attached hydrogens (primary N) is 1. The molecular weight excluding hydrogens is 278 g/mol. The highest BCUT2D eigenvalue weighted by atomic mass is 79.9. The van der Waals surface area contributed by atoms with Gasteiger partial charge in [-0.25, -0.2) is 0 Å². The zero-order valence-electron chi connectivity index (χ0n) is 5.55. The molecule has 3 N–H and O–H groups in total. The van der Waals surface area contributed by atoms with Crippen LogP contribution in [0, 0.1) is 0 Å². The van der Waals surface area contributed by atoms with Crippen LogP contribution in [0.15, 0.2) is 19.6 Å². The van der Waals surface area contributed by atoms with Crippen molar-refractivity contribution in [3.05, 3.63) is 21.0 Å². The molecule has 0 fully saturated rings. The molecule has 0 radical (unpaired) electrons. The van der Waals surface area contributed by atoms with E-state index in [2.05, 4.69) is 31.9 Å². The quantitative estimate of drug-likeness (QED) is 0.871. The number of hydrogen-bond acceptors (Lipinski definition) is 3. The molecule has 0 saturated heterocycles. The summed E-state index contributed by atoms with van der Waals surface area (Å²) < 4.78 is 6.55. The molecule has 0 unspecified atom stereocenters. The second kappa shape index (κ2) is 3.71. The van der Waals surface area contributed by atoms with Crippen molar-refractivity contribution in [3.8, 4) is 0 Å². The Morgan fingerprint density at radius 2 is 2.27 bits per heavy atom. The molecule has 0 aliphatic heterocycles. The fourth-order valence-corrected chi connectivity index (χ4v) is 1.24. The maximum atomic E-state index is 8.67. The molecule has 5 heteroatoms. The molecule has 62 valence electrons. The third-order valence-corrected chi connectivity index (χ3v) is 2.94. The van der Waals surface area contributed by atoms with Crippen molar-refractivity contribution in [2.75, 3.05) is 6.61 Å². The van der Waals surface area contributed by atoms with Crippen molar-refractivity contribution in [3.63, 3.8) is 0 Å². The van der Waals surface area contributed by atoms with E-state index in [1.807, 2.05) is 0 Å². The minimum absolute atomic E-state index is 0.119. The molecular formula is C6H7Br2NO2. The van der Waals surface area contributed by atoms with Gasteiger partial charge in [0.25, 0.3) is 0 Å². The summed E-state index contributed by atoms with van der Waals surface area (Å²) in [6, 6.07) is 1.28. The maximum absolute atomic E-state index is 8.67. The number of hydrogen-bond donors (Lipinski definition) is 2. The van der Waals surface area contributed by atoms with Gasteiger partial charge in [-0.05, 0) is 37.9 Å². The highest BCUT2D eigenvalue weighted by Gasteiger charge is 2.11. The van der Waals surface area contributed by atoms with Gasteiger partial charge in [-0.1, -0.05) is 0 Å². The van der Waals surface area contributed by atoms with Crippen molar-refractivity contribution in [1.29, 1.82) is 0 Å². The SMILES string of the molecule is N[C@H](CO)c1cc(Br)c(Br)o1. The molecule has 1 heterocycles. The Bertz CT molecular complexity index is 229. The van der Waals surface area contributed by atoms with E-state index in [0.717, 1.165) is 4.47 Å². The molecule has 0 spiro atoms. The van der Waals surface area contributed by atoms with Gasteiger partial charge in [0.1, 0.15) is 5.76 Å². The van der Waals surface area contributed by atoms with Gasteiger partial charge in [0.05, 0.1) is 17.1 Å². The van der Waals surface area contributed by atoms with E-state index in [4.69, 9.17) is 15.3 Å². The lowest BCUT2D eigenvalue weighted by Gasteiger charge is -2.01. The number of rotatable bonds is 2. The lowest BCUT2D eigenvalue weighted by molar-refractivity contribution is 0.250. The number of furan rings is 1. The summed E-state index contributed by atoms with van der Waals surface area (Å²) in [5.41, 5.74) is 5.49. The second-order valence-electron chi connectivity index (χ2n) is 2.06. The average molecular weight is 285 g/mol. The first kappa shape index (κ1) is 9.25. The summed E-state index contributed by atoms with van der Waals surface area (Å²) in [7, 11) is 0. The number of aliphatic hydroxyl groups is 1. The van der Waals surface area contributed by atoms with Crippen molar-refractivity contribution in [2.24, 2.45) is 5.73 Å². The van der Waals surface area contributed by atoms with Gasteiger partial charge in [0, 0.05) is 0 Å². The molecule has 3 nitrogen and oxygen atoms in total. The van der Waals surface area contributed by atoms with Gasteiger partial charge in [-0.3, -0.25) is 0 Å². The van der Waals surface area contributed by atoms with Crippen LogP contribution in [-0.4, -0.2) is 11.7 Å². The Balaban J connectivity index is 2.88. The van der Waals surface area contributed by atoms with Crippen molar-refractivity contribution in [1.82, 2.24) is 0 Å². The van der Waals surface area contributed by atoms with Crippen LogP contribution in [0.3, 0.4) is 0 Å². The van der Waals surface area contributed by atoms with Crippen LogP contribution >= 0.6 is 31.9 Å². The van der Waals surface area contributed by atoms with E-state index in [0.29, 0.717) is 10.4 Å².